The average Bonchev–Trinajstić information content (AvgIpc) is 2.35. The van der Waals surface area contributed by atoms with Crippen LogP contribution in [0.2, 0.25) is 0 Å². The Kier molecular flexibility index (Phi) is 5.39. The van der Waals surface area contributed by atoms with E-state index in [0.29, 0.717) is 29.3 Å². The number of anilines is 1. The number of amides is 1. The van der Waals surface area contributed by atoms with Crippen LogP contribution in [-0.2, 0) is 0 Å². The molecule has 1 atom stereocenters. The molecule has 0 radical (unpaired) electrons. The summed E-state index contributed by atoms with van der Waals surface area (Å²) in [5.41, 5.74) is 5.59. The van der Waals surface area contributed by atoms with Crippen LogP contribution in [0, 0.1) is 5.92 Å². The minimum absolute atomic E-state index is 0.181. The summed E-state index contributed by atoms with van der Waals surface area (Å²) in [6.45, 7) is 5.94. The minimum Gasteiger partial charge on any atom is -0.495 e. The van der Waals surface area contributed by atoms with Gasteiger partial charge in [0.15, 0.2) is 0 Å². The molecular formula is C15H24N2O3. The van der Waals surface area contributed by atoms with Crippen LogP contribution in [-0.4, -0.2) is 30.3 Å². The largest absolute Gasteiger partial charge is 0.495 e. The van der Waals surface area contributed by atoms with Crippen molar-refractivity contribution in [3.05, 3.63) is 23.8 Å². The van der Waals surface area contributed by atoms with Crippen molar-refractivity contribution in [3.63, 3.8) is 0 Å². The van der Waals surface area contributed by atoms with Gasteiger partial charge in [-0.1, -0.05) is 19.9 Å². The monoisotopic (exact) mass is 280 g/mol. The Morgan fingerprint density at radius 3 is 2.70 bits per heavy atom. The Balaban J connectivity index is 2.73. The van der Waals surface area contributed by atoms with E-state index in [0.717, 1.165) is 0 Å². The topological polar surface area (TPSA) is 84.6 Å². The van der Waals surface area contributed by atoms with Crippen molar-refractivity contribution in [2.45, 2.75) is 32.8 Å². The van der Waals surface area contributed by atoms with E-state index >= 15 is 0 Å². The van der Waals surface area contributed by atoms with Crippen LogP contribution in [0.5, 0.6) is 5.75 Å². The minimum atomic E-state index is -0.933. The zero-order valence-corrected chi connectivity index (χ0v) is 12.6. The summed E-state index contributed by atoms with van der Waals surface area (Å²) in [4.78, 5) is 12.1. The molecule has 1 rings (SSSR count). The molecule has 0 aromatic heterocycles. The molecule has 112 valence electrons. The first kappa shape index (κ1) is 16.3. The molecule has 0 bridgehead atoms. The number of hydrogen-bond donors (Lipinski definition) is 3. The van der Waals surface area contributed by atoms with Crippen molar-refractivity contribution in [2.24, 2.45) is 5.92 Å². The summed E-state index contributed by atoms with van der Waals surface area (Å²) in [7, 11) is 1.50. The molecule has 0 aliphatic carbocycles. The molecule has 1 unspecified atom stereocenters. The van der Waals surface area contributed by atoms with Crippen molar-refractivity contribution in [3.8, 4) is 5.75 Å². The highest BCUT2D eigenvalue weighted by Gasteiger charge is 2.23. The number of aliphatic hydroxyl groups is 1. The highest BCUT2D eigenvalue weighted by atomic mass is 16.5. The zero-order chi connectivity index (χ0) is 15.3. The standard InChI is InChI=1S/C15H24N2O3/c1-10(2)8-15(3,19)9-17-14(18)11-6-5-7-12(20-4)13(11)16/h5-7,10,19H,8-9,16H2,1-4H3,(H,17,18). The van der Waals surface area contributed by atoms with Gasteiger partial charge in [0.1, 0.15) is 5.75 Å². The number of ether oxygens (including phenoxy) is 1. The average molecular weight is 280 g/mol. The molecule has 4 N–H and O–H groups in total. The Hall–Kier alpha value is -1.75. The number of methoxy groups -OCH3 is 1. The number of nitrogen functional groups attached to an aromatic ring is 1. The molecule has 20 heavy (non-hydrogen) atoms. The van der Waals surface area contributed by atoms with Gasteiger partial charge < -0.3 is 20.9 Å². The number of para-hydroxylation sites is 1. The number of carbonyl (C=O) groups is 1. The van der Waals surface area contributed by atoms with Crippen molar-refractivity contribution in [1.29, 1.82) is 0 Å². The highest BCUT2D eigenvalue weighted by molar-refractivity contribution is 6.00. The Bertz CT molecular complexity index is 470. The number of hydrogen-bond acceptors (Lipinski definition) is 4. The number of rotatable bonds is 6. The molecule has 0 aliphatic rings. The van der Waals surface area contributed by atoms with Crippen LogP contribution in [0.15, 0.2) is 18.2 Å². The molecule has 0 saturated heterocycles. The van der Waals surface area contributed by atoms with E-state index in [1.165, 1.54) is 7.11 Å². The van der Waals surface area contributed by atoms with Crippen molar-refractivity contribution in [2.75, 3.05) is 19.4 Å². The maximum Gasteiger partial charge on any atom is 0.253 e. The summed E-state index contributed by atoms with van der Waals surface area (Å²) < 4.78 is 5.08. The highest BCUT2D eigenvalue weighted by Crippen LogP contribution is 2.24. The molecule has 0 spiro atoms. The van der Waals surface area contributed by atoms with Gasteiger partial charge in [0.25, 0.3) is 5.91 Å². The van der Waals surface area contributed by atoms with Crippen LogP contribution in [0.25, 0.3) is 0 Å². The molecule has 1 aromatic carbocycles. The number of benzene rings is 1. The van der Waals surface area contributed by atoms with Gasteiger partial charge in [0.2, 0.25) is 0 Å². The van der Waals surface area contributed by atoms with Gasteiger partial charge in [-0.3, -0.25) is 4.79 Å². The Morgan fingerprint density at radius 2 is 2.15 bits per heavy atom. The zero-order valence-electron chi connectivity index (χ0n) is 12.6. The molecule has 5 nitrogen and oxygen atoms in total. The second kappa shape index (κ2) is 6.61. The predicted molar refractivity (Wildman–Crippen MR) is 79.8 cm³/mol. The van der Waals surface area contributed by atoms with E-state index in [1.54, 1.807) is 25.1 Å². The van der Waals surface area contributed by atoms with Crippen LogP contribution in [0.4, 0.5) is 5.69 Å². The summed E-state index contributed by atoms with van der Waals surface area (Å²) in [6.07, 6.45) is 0.612. The maximum absolute atomic E-state index is 12.1. The summed E-state index contributed by atoms with van der Waals surface area (Å²) in [6, 6.07) is 5.03. The lowest BCUT2D eigenvalue weighted by Crippen LogP contribution is -2.41. The van der Waals surface area contributed by atoms with Crippen LogP contribution in [0.3, 0.4) is 0 Å². The second-order valence-corrected chi connectivity index (χ2v) is 5.70. The number of nitrogens with one attached hydrogen (secondary N) is 1. The van der Waals surface area contributed by atoms with Gasteiger partial charge in [-0.15, -0.1) is 0 Å². The normalized spacial score (nSPS) is 13.9. The van der Waals surface area contributed by atoms with E-state index in [1.807, 2.05) is 13.8 Å². The van der Waals surface area contributed by atoms with Crippen molar-refractivity contribution in [1.82, 2.24) is 5.32 Å². The van der Waals surface area contributed by atoms with E-state index in [-0.39, 0.29) is 12.5 Å². The second-order valence-electron chi connectivity index (χ2n) is 5.70. The lowest BCUT2D eigenvalue weighted by molar-refractivity contribution is 0.0368. The lowest BCUT2D eigenvalue weighted by Gasteiger charge is -2.25. The third-order valence-corrected chi connectivity index (χ3v) is 3.01. The maximum atomic E-state index is 12.1. The number of nitrogens with two attached hydrogens (primary N) is 1. The van der Waals surface area contributed by atoms with Gasteiger partial charge in [0.05, 0.1) is 24.0 Å². The molecule has 0 fully saturated rings. The fraction of sp³-hybridized carbons (Fsp3) is 0.533. The molecular weight excluding hydrogens is 256 g/mol. The van der Waals surface area contributed by atoms with Gasteiger partial charge in [-0.2, -0.15) is 0 Å². The number of carbonyl (C=O) groups excluding carboxylic acids is 1. The van der Waals surface area contributed by atoms with E-state index in [9.17, 15) is 9.90 Å². The molecule has 1 amide bonds. The smallest absolute Gasteiger partial charge is 0.253 e. The van der Waals surface area contributed by atoms with Gasteiger partial charge >= 0.3 is 0 Å². The van der Waals surface area contributed by atoms with E-state index in [2.05, 4.69) is 5.32 Å². The quantitative estimate of drug-likeness (QED) is 0.694. The van der Waals surface area contributed by atoms with Gasteiger partial charge in [0, 0.05) is 6.54 Å². The Labute approximate surface area is 120 Å². The third kappa shape index (κ3) is 4.42. The molecule has 5 heteroatoms. The third-order valence-electron chi connectivity index (χ3n) is 3.01. The first-order valence-electron chi connectivity index (χ1n) is 6.70. The van der Waals surface area contributed by atoms with Crippen molar-refractivity contribution >= 4 is 11.6 Å². The first-order chi connectivity index (χ1) is 9.26. The fourth-order valence-corrected chi connectivity index (χ4v) is 2.24. The molecule has 0 aliphatic heterocycles. The SMILES string of the molecule is COc1cccc(C(=O)NCC(C)(O)CC(C)C)c1N. The summed E-state index contributed by atoms with van der Waals surface area (Å²) >= 11 is 0. The van der Waals surface area contributed by atoms with Crippen LogP contribution >= 0.6 is 0 Å². The van der Waals surface area contributed by atoms with Gasteiger partial charge in [-0.25, -0.2) is 0 Å². The molecule has 0 heterocycles. The summed E-state index contributed by atoms with van der Waals surface area (Å²) in [5, 5.41) is 12.9. The van der Waals surface area contributed by atoms with E-state index in [4.69, 9.17) is 10.5 Å². The Morgan fingerprint density at radius 1 is 1.50 bits per heavy atom. The molecule has 0 saturated carbocycles. The van der Waals surface area contributed by atoms with Gasteiger partial charge in [-0.05, 0) is 31.4 Å². The van der Waals surface area contributed by atoms with E-state index < -0.39 is 5.60 Å². The van der Waals surface area contributed by atoms with Crippen LogP contribution < -0.4 is 15.8 Å². The molecule has 1 aromatic rings. The summed E-state index contributed by atoms with van der Waals surface area (Å²) in [5.74, 6) is 0.501. The lowest BCUT2D eigenvalue weighted by atomic mass is 9.94. The fourth-order valence-electron chi connectivity index (χ4n) is 2.24. The van der Waals surface area contributed by atoms with Crippen molar-refractivity contribution < 1.29 is 14.6 Å². The first-order valence-corrected chi connectivity index (χ1v) is 6.70. The predicted octanol–water partition coefficient (Wildman–Crippen LogP) is 1.80. The van der Waals surface area contributed by atoms with Crippen LogP contribution in [0.1, 0.15) is 37.6 Å².